The van der Waals surface area contributed by atoms with Gasteiger partial charge < -0.3 is 10.0 Å². The topological polar surface area (TPSA) is 83.4 Å². The molecule has 2 aromatic rings. The molecule has 1 N–H and O–H groups in total. The second kappa shape index (κ2) is 5.32. The van der Waals surface area contributed by atoms with Crippen molar-refractivity contribution in [3.05, 3.63) is 59.2 Å². The van der Waals surface area contributed by atoms with Crippen LogP contribution in [-0.4, -0.2) is 38.4 Å². The van der Waals surface area contributed by atoms with Gasteiger partial charge in [0.1, 0.15) is 5.69 Å². The number of nitrogens with zero attached hydrogens (tertiary/aromatic N) is 3. The van der Waals surface area contributed by atoms with E-state index in [1.807, 2.05) is 6.07 Å². The average molecular weight is 283 g/mol. The molecule has 0 bridgehead atoms. The number of carbonyl (C=O) groups excluding carboxylic acids is 1. The van der Waals surface area contributed by atoms with Gasteiger partial charge in [0.15, 0.2) is 0 Å². The Morgan fingerprint density at radius 1 is 1.24 bits per heavy atom. The maximum atomic E-state index is 12.3. The van der Waals surface area contributed by atoms with E-state index in [1.165, 1.54) is 18.6 Å². The molecule has 21 heavy (non-hydrogen) atoms. The van der Waals surface area contributed by atoms with Crippen molar-refractivity contribution in [2.75, 3.05) is 6.54 Å². The van der Waals surface area contributed by atoms with Crippen LogP contribution < -0.4 is 0 Å². The van der Waals surface area contributed by atoms with Gasteiger partial charge in [-0.3, -0.25) is 9.78 Å². The molecule has 2 heterocycles. The van der Waals surface area contributed by atoms with Gasteiger partial charge in [-0.2, -0.15) is 0 Å². The van der Waals surface area contributed by atoms with Crippen molar-refractivity contribution in [1.82, 2.24) is 14.9 Å². The molecule has 0 radical (unpaired) electrons. The summed E-state index contributed by atoms with van der Waals surface area (Å²) in [7, 11) is 0. The van der Waals surface area contributed by atoms with E-state index in [-0.39, 0.29) is 5.91 Å². The molecule has 0 atom stereocenters. The first-order valence-electron chi connectivity index (χ1n) is 6.56. The minimum Gasteiger partial charge on any atom is -0.478 e. The molecule has 6 heteroatoms. The van der Waals surface area contributed by atoms with E-state index in [1.54, 1.807) is 17.0 Å². The Morgan fingerprint density at radius 3 is 2.81 bits per heavy atom. The highest BCUT2D eigenvalue weighted by molar-refractivity contribution is 5.93. The van der Waals surface area contributed by atoms with Crippen molar-refractivity contribution in [2.24, 2.45) is 0 Å². The summed E-state index contributed by atoms with van der Waals surface area (Å²) < 4.78 is 0. The quantitative estimate of drug-likeness (QED) is 0.900. The SMILES string of the molecule is O=C(O)c1cccc2c1CCN(C(=O)c1cnccn1)C2. The van der Waals surface area contributed by atoms with Crippen LogP contribution in [0.4, 0.5) is 0 Å². The fourth-order valence-corrected chi connectivity index (χ4v) is 2.55. The van der Waals surface area contributed by atoms with E-state index in [0.717, 1.165) is 11.1 Å². The maximum Gasteiger partial charge on any atom is 0.335 e. The number of hydrogen-bond donors (Lipinski definition) is 1. The van der Waals surface area contributed by atoms with E-state index < -0.39 is 5.97 Å². The number of carboxylic acids is 1. The molecule has 1 aliphatic heterocycles. The Bertz CT molecular complexity index is 701. The summed E-state index contributed by atoms with van der Waals surface area (Å²) in [6, 6.07) is 5.16. The Hall–Kier alpha value is -2.76. The predicted molar refractivity (Wildman–Crippen MR) is 73.9 cm³/mol. The summed E-state index contributed by atoms with van der Waals surface area (Å²) >= 11 is 0. The second-order valence-electron chi connectivity index (χ2n) is 4.82. The Kier molecular flexibility index (Phi) is 3.35. The third-order valence-corrected chi connectivity index (χ3v) is 3.57. The first kappa shape index (κ1) is 13.2. The zero-order valence-corrected chi connectivity index (χ0v) is 11.2. The van der Waals surface area contributed by atoms with Crippen LogP contribution in [0.25, 0.3) is 0 Å². The fourth-order valence-electron chi connectivity index (χ4n) is 2.55. The van der Waals surface area contributed by atoms with Crippen LogP contribution in [-0.2, 0) is 13.0 Å². The fraction of sp³-hybridized carbons (Fsp3) is 0.200. The lowest BCUT2D eigenvalue weighted by atomic mass is 9.94. The number of aromatic nitrogens is 2. The normalized spacial score (nSPS) is 13.6. The smallest absolute Gasteiger partial charge is 0.335 e. The molecular weight excluding hydrogens is 270 g/mol. The molecule has 3 rings (SSSR count). The molecule has 0 aliphatic carbocycles. The van der Waals surface area contributed by atoms with Crippen LogP contribution in [0.1, 0.15) is 32.0 Å². The number of benzene rings is 1. The third kappa shape index (κ3) is 2.47. The number of carbonyl (C=O) groups is 2. The molecule has 0 spiro atoms. The summed E-state index contributed by atoms with van der Waals surface area (Å²) in [5, 5.41) is 9.20. The van der Waals surface area contributed by atoms with Gasteiger partial charge in [0.05, 0.1) is 11.8 Å². The molecule has 0 fully saturated rings. The van der Waals surface area contributed by atoms with Gasteiger partial charge in [0.2, 0.25) is 0 Å². The highest BCUT2D eigenvalue weighted by atomic mass is 16.4. The van der Waals surface area contributed by atoms with Crippen LogP contribution in [0.3, 0.4) is 0 Å². The van der Waals surface area contributed by atoms with E-state index in [0.29, 0.717) is 30.8 Å². The predicted octanol–water partition coefficient (Wildman–Crippen LogP) is 1.37. The molecule has 1 aliphatic rings. The van der Waals surface area contributed by atoms with Gasteiger partial charge >= 0.3 is 5.97 Å². The minimum absolute atomic E-state index is 0.186. The Labute approximate surface area is 121 Å². The molecule has 1 aromatic heterocycles. The molecule has 106 valence electrons. The monoisotopic (exact) mass is 283 g/mol. The summed E-state index contributed by atoms with van der Waals surface area (Å²) in [5.74, 6) is -1.12. The van der Waals surface area contributed by atoms with E-state index >= 15 is 0 Å². The highest BCUT2D eigenvalue weighted by Gasteiger charge is 2.25. The molecular formula is C15H13N3O3. The first-order valence-corrected chi connectivity index (χ1v) is 6.56. The van der Waals surface area contributed by atoms with E-state index in [2.05, 4.69) is 9.97 Å². The number of aromatic carboxylic acids is 1. The molecule has 6 nitrogen and oxygen atoms in total. The number of amides is 1. The van der Waals surface area contributed by atoms with Crippen molar-refractivity contribution in [1.29, 1.82) is 0 Å². The number of fused-ring (bicyclic) bond motifs is 1. The molecule has 1 aromatic carbocycles. The summed E-state index contributed by atoms with van der Waals surface area (Å²) in [6.45, 7) is 0.874. The van der Waals surface area contributed by atoms with Gasteiger partial charge in [-0.05, 0) is 23.6 Å². The minimum atomic E-state index is -0.930. The largest absolute Gasteiger partial charge is 0.478 e. The van der Waals surface area contributed by atoms with Crippen LogP contribution >= 0.6 is 0 Å². The lowest BCUT2D eigenvalue weighted by molar-refractivity contribution is 0.0694. The Balaban J connectivity index is 1.87. The standard InChI is InChI=1S/C15H13N3O3/c19-14(13-8-16-5-6-17-13)18-7-4-11-10(9-18)2-1-3-12(11)15(20)21/h1-3,5-6,8H,4,7,9H2,(H,20,21). The van der Waals surface area contributed by atoms with Gasteiger partial charge in [0, 0.05) is 25.5 Å². The van der Waals surface area contributed by atoms with Gasteiger partial charge in [0.25, 0.3) is 5.91 Å². The average Bonchev–Trinajstić information content (AvgIpc) is 2.53. The van der Waals surface area contributed by atoms with Gasteiger partial charge in [-0.15, -0.1) is 0 Å². The zero-order valence-electron chi connectivity index (χ0n) is 11.2. The number of hydrogen-bond acceptors (Lipinski definition) is 4. The van der Waals surface area contributed by atoms with Crippen molar-refractivity contribution in [2.45, 2.75) is 13.0 Å². The van der Waals surface area contributed by atoms with Gasteiger partial charge in [-0.25, -0.2) is 9.78 Å². The summed E-state index contributed by atoms with van der Waals surface area (Å²) in [5.41, 5.74) is 2.31. The van der Waals surface area contributed by atoms with Crippen molar-refractivity contribution < 1.29 is 14.7 Å². The summed E-state index contributed by atoms with van der Waals surface area (Å²) in [4.78, 5) is 33.1. The molecule has 0 unspecified atom stereocenters. The van der Waals surface area contributed by atoms with Crippen molar-refractivity contribution in [3.8, 4) is 0 Å². The van der Waals surface area contributed by atoms with Crippen LogP contribution in [0.2, 0.25) is 0 Å². The number of rotatable bonds is 2. The second-order valence-corrected chi connectivity index (χ2v) is 4.82. The Morgan fingerprint density at radius 2 is 2.10 bits per heavy atom. The van der Waals surface area contributed by atoms with E-state index in [4.69, 9.17) is 0 Å². The zero-order chi connectivity index (χ0) is 14.8. The van der Waals surface area contributed by atoms with Crippen molar-refractivity contribution >= 4 is 11.9 Å². The lowest BCUT2D eigenvalue weighted by Crippen LogP contribution is -2.37. The lowest BCUT2D eigenvalue weighted by Gasteiger charge is -2.29. The molecule has 0 saturated heterocycles. The molecule has 0 saturated carbocycles. The van der Waals surface area contributed by atoms with Gasteiger partial charge in [-0.1, -0.05) is 12.1 Å². The van der Waals surface area contributed by atoms with Crippen molar-refractivity contribution in [3.63, 3.8) is 0 Å². The van der Waals surface area contributed by atoms with Crippen LogP contribution in [0, 0.1) is 0 Å². The third-order valence-electron chi connectivity index (χ3n) is 3.57. The highest BCUT2D eigenvalue weighted by Crippen LogP contribution is 2.23. The maximum absolute atomic E-state index is 12.3. The van der Waals surface area contributed by atoms with Crippen LogP contribution in [0.15, 0.2) is 36.8 Å². The molecule has 1 amide bonds. The van der Waals surface area contributed by atoms with Crippen LogP contribution in [0.5, 0.6) is 0 Å². The number of carboxylic acid groups (broad SMARTS) is 1. The first-order chi connectivity index (χ1) is 10.2. The van der Waals surface area contributed by atoms with E-state index in [9.17, 15) is 14.7 Å². The summed E-state index contributed by atoms with van der Waals surface area (Å²) in [6.07, 6.45) is 4.96.